The lowest BCUT2D eigenvalue weighted by atomic mass is 9.86. The number of nitrogens with zero attached hydrogens (tertiary/aromatic N) is 1. The first-order chi connectivity index (χ1) is 11.5. The fourth-order valence-electron chi connectivity index (χ4n) is 3.09. The summed E-state index contributed by atoms with van der Waals surface area (Å²) in [7, 11) is 0. The number of carbonyl (C=O) groups is 2. The Bertz CT molecular complexity index is 743. The van der Waals surface area contributed by atoms with Gasteiger partial charge in [0.15, 0.2) is 6.10 Å². The number of aromatic nitrogens is 1. The van der Waals surface area contributed by atoms with Crippen molar-refractivity contribution in [3.63, 3.8) is 0 Å². The molecule has 1 amide bonds. The number of amides is 1. The van der Waals surface area contributed by atoms with Crippen LogP contribution in [-0.4, -0.2) is 29.0 Å². The van der Waals surface area contributed by atoms with Crippen molar-refractivity contribution in [2.45, 2.75) is 51.7 Å². The SMILES string of the molecule is C[C@H](OC(=O)c1ccc2ncsc2c1)C(=O)N[C@@H]1CCCC[C@H]1C. The summed E-state index contributed by atoms with van der Waals surface area (Å²) in [5, 5.41) is 3.03. The van der Waals surface area contributed by atoms with Crippen LogP contribution in [0.5, 0.6) is 0 Å². The molecular weight excluding hydrogens is 324 g/mol. The number of hydrogen-bond donors (Lipinski definition) is 1. The number of hydrogen-bond acceptors (Lipinski definition) is 5. The third kappa shape index (κ3) is 3.75. The topological polar surface area (TPSA) is 68.3 Å². The van der Waals surface area contributed by atoms with Crippen molar-refractivity contribution in [1.82, 2.24) is 10.3 Å². The quantitative estimate of drug-likeness (QED) is 0.860. The van der Waals surface area contributed by atoms with Crippen molar-refractivity contribution >= 4 is 33.4 Å². The van der Waals surface area contributed by atoms with E-state index in [1.54, 1.807) is 30.6 Å². The van der Waals surface area contributed by atoms with E-state index in [2.05, 4.69) is 17.2 Å². The third-order valence-electron chi connectivity index (χ3n) is 4.66. The molecule has 1 N–H and O–H groups in total. The molecular formula is C18H22N2O3S. The van der Waals surface area contributed by atoms with Crippen LogP contribution in [0.25, 0.3) is 10.2 Å². The lowest BCUT2D eigenvalue weighted by Crippen LogP contribution is -2.45. The average Bonchev–Trinajstić information content (AvgIpc) is 3.04. The van der Waals surface area contributed by atoms with Gasteiger partial charge in [0.1, 0.15) is 0 Å². The summed E-state index contributed by atoms with van der Waals surface area (Å²) >= 11 is 1.47. The molecule has 0 spiro atoms. The van der Waals surface area contributed by atoms with Crippen LogP contribution in [0.3, 0.4) is 0 Å². The van der Waals surface area contributed by atoms with Gasteiger partial charge in [-0.2, -0.15) is 0 Å². The number of rotatable bonds is 4. The largest absolute Gasteiger partial charge is 0.449 e. The maximum atomic E-state index is 12.3. The number of ether oxygens (including phenoxy) is 1. The highest BCUT2D eigenvalue weighted by molar-refractivity contribution is 7.16. The lowest BCUT2D eigenvalue weighted by Gasteiger charge is -2.30. The van der Waals surface area contributed by atoms with Gasteiger partial charge in [0, 0.05) is 6.04 Å². The number of esters is 1. The lowest BCUT2D eigenvalue weighted by molar-refractivity contribution is -0.130. The molecule has 3 rings (SSSR count). The first kappa shape index (κ1) is 16.9. The molecule has 1 saturated carbocycles. The average molecular weight is 346 g/mol. The molecule has 128 valence electrons. The van der Waals surface area contributed by atoms with E-state index in [9.17, 15) is 9.59 Å². The van der Waals surface area contributed by atoms with Gasteiger partial charge in [0.05, 0.1) is 21.3 Å². The number of benzene rings is 1. The second-order valence-electron chi connectivity index (χ2n) is 6.46. The predicted octanol–water partition coefficient (Wildman–Crippen LogP) is 3.54. The molecule has 0 aliphatic heterocycles. The zero-order valence-corrected chi connectivity index (χ0v) is 14.8. The number of carbonyl (C=O) groups excluding carboxylic acids is 2. The fourth-order valence-corrected chi connectivity index (χ4v) is 3.81. The van der Waals surface area contributed by atoms with E-state index in [-0.39, 0.29) is 11.9 Å². The molecule has 24 heavy (non-hydrogen) atoms. The van der Waals surface area contributed by atoms with Gasteiger partial charge in [-0.25, -0.2) is 9.78 Å². The van der Waals surface area contributed by atoms with Gasteiger partial charge in [-0.1, -0.05) is 19.8 Å². The van der Waals surface area contributed by atoms with E-state index in [0.717, 1.165) is 29.5 Å². The highest BCUT2D eigenvalue weighted by atomic mass is 32.1. The van der Waals surface area contributed by atoms with Crippen LogP contribution in [-0.2, 0) is 9.53 Å². The molecule has 2 aromatic rings. The minimum atomic E-state index is -0.802. The Morgan fingerprint density at radius 2 is 2.12 bits per heavy atom. The van der Waals surface area contributed by atoms with Crippen molar-refractivity contribution in [2.24, 2.45) is 5.92 Å². The maximum Gasteiger partial charge on any atom is 0.338 e. The summed E-state index contributed by atoms with van der Waals surface area (Å²) in [6.45, 7) is 3.77. The highest BCUT2D eigenvalue weighted by Crippen LogP contribution is 2.24. The Morgan fingerprint density at radius 1 is 1.33 bits per heavy atom. The summed E-state index contributed by atoms with van der Waals surface area (Å²) in [5.74, 6) is -0.232. The minimum Gasteiger partial charge on any atom is -0.449 e. The normalized spacial score (nSPS) is 22.1. The smallest absolute Gasteiger partial charge is 0.338 e. The van der Waals surface area contributed by atoms with Crippen LogP contribution in [0.2, 0.25) is 0 Å². The second kappa shape index (κ2) is 7.30. The summed E-state index contributed by atoms with van der Waals surface area (Å²) < 4.78 is 6.26. The summed E-state index contributed by atoms with van der Waals surface area (Å²) in [4.78, 5) is 28.7. The number of fused-ring (bicyclic) bond motifs is 1. The van der Waals surface area contributed by atoms with Gasteiger partial charge in [-0.3, -0.25) is 4.79 Å². The molecule has 1 aliphatic rings. The van der Waals surface area contributed by atoms with E-state index in [1.807, 2.05) is 0 Å². The van der Waals surface area contributed by atoms with Gasteiger partial charge in [0.2, 0.25) is 0 Å². The van der Waals surface area contributed by atoms with Crippen LogP contribution >= 0.6 is 11.3 Å². The Kier molecular flexibility index (Phi) is 5.14. The van der Waals surface area contributed by atoms with Crippen molar-refractivity contribution in [3.8, 4) is 0 Å². The molecule has 0 unspecified atom stereocenters. The van der Waals surface area contributed by atoms with Crippen LogP contribution in [0.15, 0.2) is 23.7 Å². The van der Waals surface area contributed by atoms with Gasteiger partial charge in [-0.15, -0.1) is 11.3 Å². The van der Waals surface area contributed by atoms with Crippen molar-refractivity contribution in [3.05, 3.63) is 29.3 Å². The van der Waals surface area contributed by atoms with Gasteiger partial charge < -0.3 is 10.1 Å². The van der Waals surface area contributed by atoms with E-state index in [4.69, 9.17) is 4.74 Å². The Morgan fingerprint density at radius 3 is 2.92 bits per heavy atom. The molecule has 0 saturated heterocycles. The molecule has 0 bridgehead atoms. The number of nitrogens with one attached hydrogen (secondary N) is 1. The summed E-state index contributed by atoms with van der Waals surface area (Å²) in [6, 6.07) is 5.40. The second-order valence-corrected chi connectivity index (χ2v) is 7.35. The first-order valence-corrected chi connectivity index (χ1v) is 9.27. The van der Waals surface area contributed by atoms with Crippen LogP contribution in [0.1, 0.15) is 49.9 Å². The minimum absolute atomic E-state index is 0.181. The van der Waals surface area contributed by atoms with Crippen LogP contribution in [0.4, 0.5) is 0 Å². The molecule has 1 heterocycles. The molecule has 0 radical (unpaired) electrons. The van der Waals surface area contributed by atoms with Crippen LogP contribution in [0, 0.1) is 5.92 Å². The van der Waals surface area contributed by atoms with E-state index >= 15 is 0 Å². The predicted molar refractivity (Wildman–Crippen MR) is 94.1 cm³/mol. The van der Waals surface area contributed by atoms with Crippen molar-refractivity contribution in [2.75, 3.05) is 0 Å². The van der Waals surface area contributed by atoms with E-state index < -0.39 is 12.1 Å². The molecule has 1 fully saturated rings. The van der Waals surface area contributed by atoms with Gasteiger partial charge in [-0.05, 0) is 43.9 Å². The van der Waals surface area contributed by atoms with E-state index in [0.29, 0.717) is 11.5 Å². The molecule has 3 atom stereocenters. The fraction of sp³-hybridized carbons (Fsp3) is 0.500. The van der Waals surface area contributed by atoms with Crippen molar-refractivity contribution in [1.29, 1.82) is 0 Å². The zero-order valence-electron chi connectivity index (χ0n) is 14.0. The maximum absolute atomic E-state index is 12.3. The highest BCUT2D eigenvalue weighted by Gasteiger charge is 2.26. The van der Waals surface area contributed by atoms with Gasteiger partial charge in [0.25, 0.3) is 5.91 Å². The van der Waals surface area contributed by atoms with Crippen molar-refractivity contribution < 1.29 is 14.3 Å². The molecule has 1 aromatic carbocycles. The summed E-state index contributed by atoms with van der Waals surface area (Å²) in [5.41, 5.74) is 3.03. The standard InChI is InChI=1S/C18H22N2O3S/c1-11-5-3-4-6-14(11)20-17(21)12(2)23-18(22)13-7-8-15-16(9-13)24-10-19-15/h7-12,14H,3-6H2,1-2H3,(H,20,21)/t11-,12+,14-/m1/s1. The number of thiazole rings is 1. The Labute approximate surface area is 145 Å². The molecule has 6 heteroatoms. The van der Waals surface area contributed by atoms with Gasteiger partial charge >= 0.3 is 5.97 Å². The molecule has 1 aromatic heterocycles. The first-order valence-electron chi connectivity index (χ1n) is 8.39. The summed E-state index contributed by atoms with van der Waals surface area (Å²) in [6.07, 6.45) is 3.68. The van der Waals surface area contributed by atoms with E-state index in [1.165, 1.54) is 17.8 Å². The third-order valence-corrected chi connectivity index (χ3v) is 5.45. The Hall–Kier alpha value is -1.95. The Balaban J connectivity index is 1.59. The van der Waals surface area contributed by atoms with Crippen LogP contribution < -0.4 is 5.32 Å². The monoisotopic (exact) mass is 346 g/mol. The molecule has 5 nitrogen and oxygen atoms in total. The molecule has 1 aliphatic carbocycles. The zero-order chi connectivity index (χ0) is 17.1.